The average Bonchev–Trinajstić information content (AvgIpc) is 3.45. The first kappa shape index (κ1) is 22.8. The normalized spacial score (nSPS) is 15.1. The molecule has 1 aromatic heterocycles. The maximum absolute atomic E-state index is 13.2. The van der Waals surface area contributed by atoms with Crippen LogP contribution in [0.4, 0.5) is 4.39 Å². The highest BCUT2D eigenvalue weighted by molar-refractivity contribution is 7.98. The van der Waals surface area contributed by atoms with Crippen LogP contribution < -0.4 is 5.32 Å². The minimum absolute atomic E-state index is 0.0767. The lowest BCUT2D eigenvalue weighted by molar-refractivity contribution is -0.125. The van der Waals surface area contributed by atoms with Gasteiger partial charge in [0.05, 0.1) is 11.7 Å². The Bertz CT molecular complexity index is 1100. The summed E-state index contributed by atoms with van der Waals surface area (Å²) in [6.45, 7) is 3.94. The van der Waals surface area contributed by atoms with Crippen molar-refractivity contribution in [2.75, 3.05) is 0 Å². The number of aryl methyl sites for hydroxylation is 1. The Labute approximate surface area is 196 Å². The Morgan fingerprint density at radius 3 is 2.66 bits per heavy atom. The van der Waals surface area contributed by atoms with Gasteiger partial charge in [-0.05, 0) is 62.1 Å². The first-order valence-electron chi connectivity index (χ1n) is 10.8. The van der Waals surface area contributed by atoms with E-state index in [2.05, 4.69) is 15.5 Å². The molecule has 0 aliphatic heterocycles. The monoisotopic (exact) mass is 472 g/mol. The third kappa shape index (κ3) is 5.15. The molecule has 1 unspecified atom stereocenters. The van der Waals surface area contributed by atoms with Crippen LogP contribution in [-0.4, -0.2) is 20.7 Å². The van der Waals surface area contributed by atoms with Crippen molar-refractivity contribution in [3.63, 3.8) is 0 Å². The second kappa shape index (κ2) is 10.0. The number of benzene rings is 2. The van der Waals surface area contributed by atoms with Crippen LogP contribution in [0.3, 0.4) is 0 Å². The van der Waals surface area contributed by atoms with Crippen molar-refractivity contribution in [3.05, 3.63) is 70.3 Å². The number of nitrogens with zero attached hydrogens (tertiary/aromatic N) is 3. The molecule has 32 heavy (non-hydrogen) atoms. The van der Waals surface area contributed by atoms with Crippen molar-refractivity contribution in [1.29, 1.82) is 0 Å². The molecular formula is C24H26ClFN4OS. The minimum Gasteiger partial charge on any atom is -0.346 e. The van der Waals surface area contributed by atoms with Crippen LogP contribution in [0.25, 0.3) is 5.69 Å². The van der Waals surface area contributed by atoms with Crippen LogP contribution in [0.5, 0.6) is 0 Å². The summed E-state index contributed by atoms with van der Waals surface area (Å²) in [5.74, 6) is 1.16. The number of carbonyl (C=O) groups is 1. The highest BCUT2D eigenvalue weighted by atomic mass is 35.5. The average molecular weight is 473 g/mol. The topological polar surface area (TPSA) is 59.8 Å². The number of amides is 1. The van der Waals surface area contributed by atoms with E-state index < -0.39 is 0 Å². The Morgan fingerprint density at radius 2 is 1.94 bits per heavy atom. The molecule has 1 fully saturated rings. The van der Waals surface area contributed by atoms with E-state index in [9.17, 15) is 9.18 Å². The van der Waals surface area contributed by atoms with Gasteiger partial charge in [0.2, 0.25) is 5.91 Å². The molecule has 1 N–H and O–H groups in total. The van der Waals surface area contributed by atoms with Gasteiger partial charge in [-0.3, -0.25) is 9.36 Å². The molecular weight excluding hydrogens is 447 g/mol. The highest BCUT2D eigenvalue weighted by Crippen LogP contribution is 2.31. The third-order valence-corrected chi connectivity index (χ3v) is 7.06. The van der Waals surface area contributed by atoms with E-state index in [0.717, 1.165) is 42.5 Å². The second-order valence-corrected chi connectivity index (χ2v) is 9.61. The largest absolute Gasteiger partial charge is 0.346 e. The lowest BCUT2D eigenvalue weighted by atomic mass is 10.1. The summed E-state index contributed by atoms with van der Waals surface area (Å²) in [7, 11) is 0. The Hall–Kier alpha value is -2.38. The fourth-order valence-corrected chi connectivity index (χ4v) is 5.09. The molecule has 1 heterocycles. The van der Waals surface area contributed by atoms with E-state index >= 15 is 0 Å². The van der Waals surface area contributed by atoms with Crippen molar-refractivity contribution in [3.8, 4) is 5.69 Å². The number of aromatic nitrogens is 3. The Morgan fingerprint density at radius 1 is 1.22 bits per heavy atom. The third-order valence-electron chi connectivity index (χ3n) is 5.82. The van der Waals surface area contributed by atoms with Crippen molar-refractivity contribution in [2.24, 2.45) is 5.92 Å². The molecule has 1 atom stereocenters. The fraction of sp³-hybridized carbons (Fsp3) is 0.375. The molecule has 1 aliphatic carbocycles. The summed E-state index contributed by atoms with van der Waals surface area (Å²) in [5.41, 5.74) is 2.88. The van der Waals surface area contributed by atoms with E-state index in [1.165, 1.54) is 23.9 Å². The minimum atomic E-state index is -0.311. The van der Waals surface area contributed by atoms with E-state index in [-0.39, 0.29) is 23.7 Å². The van der Waals surface area contributed by atoms with Gasteiger partial charge in [0.25, 0.3) is 0 Å². The van der Waals surface area contributed by atoms with Gasteiger partial charge < -0.3 is 5.32 Å². The summed E-state index contributed by atoms with van der Waals surface area (Å²) in [6.07, 6.45) is 4.10. The summed E-state index contributed by atoms with van der Waals surface area (Å²) in [4.78, 5) is 12.7. The molecule has 5 nitrogen and oxygen atoms in total. The molecule has 1 aliphatic rings. The molecule has 4 rings (SSSR count). The highest BCUT2D eigenvalue weighted by Gasteiger charge is 2.27. The van der Waals surface area contributed by atoms with Gasteiger partial charge in [-0.1, -0.05) is 54.4 Å². The molecule has 168 valence electrons. The van der Waals surface area contributed by atoms with Crippen LogP contribution in [0, 0.1) is 18.7 Å². The van der Waals surface area contributed by atoms with Gasteiger partial charge in [0.15, 0.2) is 11.0 Å². The zero-order valence-corrected chi connectivity index (χ0v) is 19.7. The Kier molecular flexibility index (Phi) is 7.16. The first-order chi connectivity index (χ1) is 15.4. The van der Waals surface area contributed by atoms with E-state index in [1.54, 1.807) is 12.1 Å². The van der Waals surface area contributed by atoms with Crippen LogP contribution in [0.2, 0.25) is 5.02 Å². The summed E-state index contributed by atoms with van der Waals surface area (Å²) in [5, 5.41) is 13.3. The number of hydrogen-bond acceptors (Lipinski definition) is 4. The zero-order valence-electron chi connectivity index (χ0n) is 18.1. The molecule has 1 saturated carbocycles. The number of carbonyl (C=O) groups excluding carboxylic acids is 1. The number of halogens is 2. The molecule has 0 saturated heterocycles. The molecule has 0 radical (unpaired) electrons. The van der Waals surface area contributed by atoms with Gasteiger partial charge in [-0.25, -0.2) is 4.39 Å². The number of rotatable bonds is 7. The molecule has 2 aromatic carbocycles. The van der Waals surface area contributed by atoms with Gasteiger partial charge >= 0.3 is 0 Å². The predicted octanol–water partition coefficient (Wildman–Crippen LogP) is 6.03. The predicted molar refractivity (Wildman–Crippen MR) is 126 cm³/mol. The van der Waals surface area contributed by atoms with Crippen LogP contribution in [0.15, 0.2) is 47.6 Å². The number of hydrogen-bond donors (Lipinski definition) is 1. The molecule has 1 amide bonds. The smallest absolute Gasteiger partial charge is 0.223 e. The van der Waals surface area contributed by atoms with Gasteiger partial charge in [-0.2, -0.15) is 0 Å². The maximum Gasteiger partial charge on any atom is 0.223 e. The van der Waals surface area contributed by atoms with Crippen LogP contribution in [0.1, 0.15) is 55.6 Å². The molecule has 0 bridgehead atoms. The van der Waals surface area contributed by atoms with Crippen molar-refractivity contribution < 1.29 is 9.18 Å². The molecule has 8 heteroatoms. The van der Waals surface area contributed by atoms with Gasteiger partial charge in [-0.15, -0.1) is 10.2 Å². The van der Waals surface area contributed by atoms with E-state index in [1.807, 2.05) is 36.6 Å². The summed E-state index contributed by atoms with van der Waals surface area (Å²) >= 11 is 7.82. The Balaban J connectivity index is 1.64. The first-order valence-corrected chi connectivity index (χ1v) is 12.2. The number of thioether (sulfide) groups is 1. The van der Waals surface area contributed by atoms with Crippen molar-refractivity contribution >= 4 is 29.3 Å². The van der Waals surface area contributed by atoms with Crippen LogP contribution >= 0.6 is 23.4 Å². The van der Waals surface area contributed by atoms with Crippen LogP contribution in [-0.2, 0) is 10.5 Å². The van der Waals surface area contributed by atoms with Gasteiger partial charge in [0.1, 0.15) is 5.82 Å². The summed E-state index contributed by atoms with van der Waals surface area (Å²) < 4.78 is 15.2. The zero-order chi connectivity index (χ0) is 22.7. The van der Waals surface area contributed by atoms with Crippen molar-refractivity contribution in [1.82, 2.24) is 20.1 Å². The number of nitrogens with one attached hydrogen (secondary N) is 1. The maximum atomic E-state index is 13.2. The SMILES string of the molecule is Cc1ccc(Cl)cc1-n1c(SCc2ccc(F)cc2)nnc1C(C)NC(=O)C1CCCC1. The van der Waals surface area contributed by atoms with Gasteiger partial charge in [0, 0.05) is 16.7 Å². The quantitative estimate of drug-likeness (QED) is 0.426. The standard InChI is InChI=1S/C24H26ClFN4OS/c1-15-7-10-19(25)13-21(15)30-22(16(2)27-23(31)18-5-3-4-6-18)28-29-24(30)32-14-17-8-11-20(26)12-9-17/h7-13,16,18H,3-6,14H2,1-2H3,(H,27,31). The fourth-order valence-electron chi connectivity index (χ4n) is 4.02. The lowest BCUT2D eigenvalue weighted by Crippen LogP contribution is -2.33. The molecule has 0 spiro atoms. The second-order valence-electron chi connectivity index (χ2n) is 8.23. The van der Waals surface area contributed by atoms with E-state index in [0.29, 0.717) is 21.8 Å². The van der Waals surface area contributed by atoms with Crippen molar-refractivity contribution in [2.45, 2.75) is 56.5 Å². The van der Waals surface area contributed by atoms with E-state index in [4.69, 9.17) is 11.6 Å². The lowest BCUT2D eigenvalue weighted by Gasteiger charge is -2.19. The molecule has 3 aromatic rings. The summed E-state index contributed by atoms with van der Waals surface area (Å²) in [6, 6.07) is 11.8.